The second-order valence-electron chi connectivity index (χ2n) is 5.09. The third-order valence-electron chi connectivity index (χ3n) is 2.94. The molecule has 4 heteroatoms. The monoisotopic (exact) mass is 256 g/mol. The van der Waals surface area contributed by atoms with Gasteiger partial charge < -0.3 is 5.73 Å². The summed E-state index contributed by atoms with van der Waals surface area (Å²) in [6.07, 6.45) is 5.44. The van der Waals surface area contributed by atoms with Gasteiger partial charge in [0.05, 0.1) is 0 Å². The summed E-state index contributed by atoms with van der Waals surface area (Å²) in [7, 11) is 0. The minimum Gasteiger partial charge on any atom is -0.384 e. The Morgan fingerprint density at radius 1 is 1.26 bits per heavy atom. The maximum atomic E-state index is 5.90. The molecule has 0 unspecified atom stereocenters. The van der Waals surface area contributed by atoms with E-state index >= 15 is 0 Å². The first-order valence-electron chi connectivity index (χ1n) is 6.66. The van der Waals surface area contributed by atoms with Crippen LogP contribution in [0.15, 0.2) is 24.5 Å². The number of anilines is 1. The number of nitrogens with two attached hydrogens (primary N) is 1. The maximum absolute atomic E-state index is 5.90. The van der Waals surface area contributed by atoms with Crippen LogP contribution in [-0.2, 0) is 12.8 Å². The first-order chi connectivity index (χ1) is 9.10. The van der Waals surface area contributed by atoms with Crippen molar-refractivity contribution in [3.05, 3.63) is 35.8 Å². The van der Waals surface area contributed by atoms with Crippen LogP contribution in [0.3, 0.4) is 0 Å². The van der Waals surface area contributed by atoms with Gasteiger partial charge in [0.2, 0.25) is 0 Å². The molecule has 2 aromatic heterocycles. The Morgan fingerprint density at radius 2 is 2.05 bits per heavy atom. The van der Waals surface area contributed by atoms with Crippen LogP contribution in [0.2, 0.25) is 0 Å². The predicted molar refractivity (Wildman–Crippen MR) is 77.6 cm³/mol. The van der Waals surface area contributed by atoms with Crippen molar-refractivity contribution >= 4 is 5.82 Å². The summed E-state index contributed by atoms with van der Waals surface area (Å²) in [6.45, 7) is 6.44. The van der Waals surface area contributed by atoms with Gasteiger partial charge in [-0.05, 0) is 30.4 Å². The highest BCUT2D eigenvalue weighted by atomic mass is 14.9. The number of rotatable bonds is 4. The lowest BCUT2D eigenvalue weighted by molar-refractivity contribution is 0.635. The van der Waals surface area contributed by atoms with Gasteiger partial charge in [-0.2, -0.15) is 0 Å². The summed E-state index contributed by atoms with van der Waals surface area (Å²) >= 11 is 0. The highest BCUT2D eigenvalue weighted by Crippen LogP contribution is 2.21. The Kier molecular flexibility index (Phi) is 4.10. The van der Waals surface area contributed by atoms with Crippen LogP contribution in [0.5, 0.6) is 0 Å². The number of nitrogen functional groups attached to an aromatic ring is 1. The molecule has 4 nitrogen and oxygen atoms in total. The maximum Gasteiger partial charge on any atom is 0.162 e. The van der Waals surface area contributed by atoms with E-state index in [0.29, 0.717) is 17.6 Å². The number of aryl methyl sites for hydroxylation is 1. The average Bonchev–Trinajstić information content (AvgIpc) is 2.37. The van der Waals surface area contributed by atoms with Crippen molar-refractivity contribution in [1.82, 2.24) is 15.0 Å². The lowest BCUT2D eigenvalue weighted by Crippen LogP contribution is -2.04. The zero-order chi connectivity index (χ0) is 13.8. The molecule has 2 heterocycles. The van der Waals surface area contributed by atoms with Gasteiger partial charge in [-0.25, -0.2) is 9.97 Å². The molecule has 0 radical (unpaired) electrons. The number of aromatic nitrogens is 3. The van der Waals surface area contributed by atoms with Gasteiger partial charge in [-0.15, -0.1) is 0 Å². The zero-order valence-corrected chi connectivity index (χ0v) is 11.7. The van der Waals surface area contributed by atoms with Gasteiger partial charge in [0.1, 0.15) is 5.82 Å². The zero-order valence-electron chi connectivity index (χ0n) is 11.7. The van der Waals surface area contributed by atoms with Crippen LogP contribution in [0.4, 0.5) is 5.82 Å². The summed E-state index contributed by atoms with van der Waals surface area (Å²) in [6, 6.07) is 3.81. The summed E-state index contributed by atoms with van der Waals surface area (Å²) in [5.74, 6) is 1.78. The topological polar surface area (TPSA) is 64.7 Å². The molecule has 0 aliphatic carbocycles. The molecule has 0 spiro atoms. The van der Waals surface area contributed by atoms with E-state index in [-0.39, 0.29) is 0 Å². The Balaban J connectivity index is 2.47. The van der Waals surface area contributed by atoms with E-state index < -0.39 is 0 Å². The highest BCUT2D eigenvalue weighted by Gasteiger charge is 2.10. The van der Waals surface area contributed by atoms with Crippen molar-refractivity contribution in [3.63, 3.8) is 0 Å². The molecule has 0 aromatic carbocycles. The van der Waals surface area contributed by atoms with Crippen LogP contribution < -0.4 is 5.73 Å². The quantitative estimate of drug-likeness (QED) is 0.913. The molecule has 0 bridgehead atoms. The number of hydrogen-bond acceptors (Lipinski definition) is 4. The second kappa shape index (κ2) is 5.78. The van der Waals surface area contributed by atoms with Crippen molar-refractivity contribution in [2.24, 2.45) is 5.92 Å². The number of pyridine rings is 1. The van der Waals surface area contributed by atoms with E-state index in [1.165, 1.54) is 0 Å². The van der Waals surface area contributed by atoms with E-state index in [1.54, 1.807) is 6.20 Å². The highest BCUT2D eigenvalue weighted by molar-refractivity contribution is 5.60. The Hall–Kier alpha value is -1.97. The van der Waals surface area contributed by atoms with Gasteiger partial charge in [-0.1, -0.05) is 20.8 Å². The van der Waals surface area contributed by atoms with Crippen LogP contribution in [0.1, 0.15) is 32.0 Å². The molecular weight excluding hydrogens is 236 g/mol. The lowest BCUT2D eigenvalue weighted by Gasteiger charge is -2.10. The van der Waals surface area contributed by atoms with Crippen molar-refractivity contribution in [3.8, 4) is 11.4 Å². The summed E-state index contributed by atoms with van der Waals surface area (Å²) < 4.78 is 0. The van der Waals surface area contributed by atoms with Crippen LogP contribution in [0, 0.1) is 5.92 Å². The predicted octanol–water partition coefficient (Wildman–Crippen LogP) is 2.88. The molecule has 100 valence electrons. The molecular formula is C15H20N4. The molecule has 0 saturated carbocycles. The molecule has 0 saturated heterocycles. The normalized spacial score (nSPS) is 10.9. The third-order valence-corrected chi connectivity index (χ3v) is 2.94. The van der Waals surface area contributed by atoms with Gasteiger partial charge >= 0.3 is 0 Å². The second-order valence-corrected chi connectivity index (χ2v) is 5.09. The molecule has 0 amide bonds. The fourth-order valence-electron chi connectivity index (χ4n) is 2.09. The standard InChI is InChI=1S/C15H20N4/c1-4-11-9-17-6-5-13(11)15-18-12(7-10(2)3)8-14(16)19-15/h5-6,8-10H,4,7H2,1-3H3,(H2,16,18,19). The largest absolute Gasteiger partial charge is 0.384 e. The Morgan fingerprint density at radius 3 is 2.74 bits per heavy atom. The number of nitrogens with zero attached hydrogens (tertiary/aromatic N) is 3. The van der Waals surface area contributed by atoms with Gasteiger partial charge in [0.15, 0.2) is 5.82 Å². The fourth-order valence-corrected chi connectivity index (χ4v) is 2.09. The Labute approximate surface area is 114 Å². The van der Waals surface area contributed by atoms with Crippen LogP contribution in [-0.4, -0.2) is 15.0 Å². The smallest absolute Gasteiger partial charge is 0.162 e. The first kappa shape index (κ1) is 13.5. The minimum absolute atomic E-state index is 0.527. The van der Waals surface area contributed by atoms with E-state index in [1.807, 2.05) is 18.3 Å². The summed E-state index contributed by atoms with van der Waals surface area (Å²) in [5.41, 5.74) is 9.06. The molecule has 2 aromatic rings. The van der Waals surface area contributed by atoms with Crippen LogP contribution >= 0.6 is 0 Å². The minimum atomic E-state index is 0.527. The molecule has 0 fully saturated rings. The molecule has 0 aliphatic rings. The third kappa shape index (κ3) is 3.28. The SMILES string of the molecule is CCc1cnccc1-c1nc(N)cc(CC(C)C)n1. The van der Waals surface area contributed by atoms with E-state index in [0.717, 1.165) is 29.7 Å². The molecule has 0 aliphatic heterocycles. The van der Waals surface area contributed by atoms with E-state index in [4.69, 9.17) is 5.73 Å². The van der Waals surface area contributed by atoms with Crippen molar-refractivity contribution in [2.45, 2.75) is 33.6 Å². The van der Waals surface area contributed by atoms with E-state index in [2.05, 4.69) is 35.7 Å². The van der Waals surface area contributed by atoms with E-state index in [9.17, 15) is 0 Å². The van der Waals surface area contributed by atoms with Gasteiger partial charge in [-0.3, -0.25) is 4.98 Å². The lowest BCUT2D eigenvalue weighted by atomic mass is 10.1. The first-order valence-corrected chi connectivity index (χ1v) is 6.66. The van der Waals surface area contributed by atoms with Gasteiger partial charge in [0, 0.05) is 29.7 Å². The Bertz CT molecular complexity index is 564. The molecule has 2 N–H and O–H groups in total. The van der Waals surface area contributed by atoms with Crippen molar-refractivity contribution in [2.75, 3.05) is 5.73 Å². The van der Waals surface area contributed by atoms with Crippen LogP contribution in [0.25, 0.3) is 11.4 Å². The van der Waals surface area contributed by atoms with Crippen molar-refractivity contribution < 1.29 is 0 Å². The summed E-state index contributed by atoms with van der Waals surface area (Å²) in [5, 5.41) is 0. The molecule has 19 heavy (non-hydrogen) atoms. The molecule has 0 atom stereocenters. The average molecular weight is 256 g/mol. The fraction of sp³-hybridized carbons (Fsp3) is 0.400. The van der Waals surface area contributed by atoms with Gasteiger partial charge in [0.25, 0.3) is 0 Å². The summed E-state index contributed by atoms with van der Waals surface area (Å²) in [4.78, 5) is 13.1. The molecule has 2 rings (SSSR count). The van der Waals surface area contributed by atoms with Crippen molar-refractivity contribution in [1.29, 1.82) is 0 Å². The number of hydrogen-bond donors (Lipinski definition) is 1.